The topological polar surface area (TPSA) is 57.1 Å². The summed E-state index contributed by atoms with van der Waals surface area (Å²) in [6.07, 6.45) is 2.58. The molecule has 5 heteroatoms. The first-order valence-electron chi connectivity index (χ1n) is 8.93. The first-order chi connectivity index (χ1) is 13.0. The molecule has 140 valence electrons. The Balaban J connectivity index is 1.90. The van der Waals surface area contributed by atoms with Gasteiger partial charge in [0.25, 0.3) is 0 Å². The van der Waals surface area contributed by atoms with E-state index in [1.54, 1.807) is 13.2 Å². The van der Waals surface area contributed by atoms with Gasteiger partial charge < -0.3 is 14.2 Å². The van der Waals surface area contributed by atoms with Crippen molar-refractivity contribution in [3.8, 4) is 11.5 Å². The van der Waals surface area contributed by atoms with Crippen LogP contribution in [0.4, 0.5) is 0 Å². The molecule has 0 atom stereocenters. The second kappa shape index (κ2) is 8.08. The van der Waals surface area contributed by atoms with E-state index in [4.69, 9.17) is 14.2 Å². The van der Waals surface area contributed by atoms with E-state index < -0.39 is 5.97 Å². The van der Waals surface area contributed by atoms with Crippen LogP contribution in [0.15, 0.2) is 47.1 Å². The summed E-state index contributed by atoms with van der Waals surface area (Å²) in [5, 5.41) is 0. The molecule has 3 rings (SSSR count). The number of carbonyl (C=O) groups excluding carboxylic acids is 1. The molecule has 0 bridgehead atoms. The Kier molecular flexibility index (Phi) is 5.60. The van der Waals surface area contributed by atoms with Crippen molar-refractivity contribution in [1.29, 1.82) is 0 Å². The SMILES string of the molecule is CCCOc1cc(/C=C2\N=C(c3ccc(C)c(C)c3)OC2=O)ccc1OC. The van der Waals surface area contributed by atoms with Crippen molar-refractivity contribution >= 4 is 17.9 Å². The summed E-state index contributed by atoms with van der Waals surface area (Å²) in [5.41, 5.74) is 4.14. The number of esters is 1. The number of ether oxygens (including phenoxy) is 3. The van der Waals surface area contributed by atoms with Crippen molar-refractivity contribution in [2.45, 2.75) is 27.2 Å². The summed E-state index contributed by atoms with van der Waals surface area (Å²) in [5.74, 6) is 1.15. The van der Waals surface area contributed by atoms with E-state index in [0.29, 0.717) is 24.0 Å². The molecule has 0 saturated carbocycles. The second-order valence-corrected chi connectivity index (χ2v) is 6.39. The number of hydrogen-bond donors (Lipinski definition) is 0. The lowest BCUT2D eigenvalue weighted by atomic mass is 10.1. The Morgan fingerprint density at radius 3 is 2.59 bits per heavy atom. The number of aliphatic imine (C=N–C) groups is 1. The van der Waals surface area contributed by atoms with Crippen molar-refractivity contribution in [3.05, 3.63) is 64.3 Å². The zero-order chi connectivity index (χ0) is 19.4. The van der Waals surface area contributed by atoms with Crippen LogP contribution in [0.5, 0.6) is 11.5 Å². The van der Waals surface area contributed by atoms with Crippen LogP contribution in [-0.4, -0.2) is 25.6 Å². The lowest BCUT2D eigenvalue weighted by Crippen LogP contribution is -2.05. The maximum absolute atomic E-state index is 12.2. The maximum Gasteiger partial charge on any atom is 0.363 e. The van der Waals surface area contributed by atoms with Crippen molar-refractivity contribution in [2.24, 2.45) is 4.99 Å². The van der Waals surface area contributed by atoms with Crippen LogP contribution >= 0.6 is 0 Å². The van der Waals surface area contributed by atoms with Gasteiger partial charge in [0.1, 0.15) is 0 Å². The summed E-state index contributed by atoms with van der Waals surface area (Å²) in [6, 6.07) is 11.4. The number of methoxy groups -OCH3 is 1. The quantitative estimate of drug-likeness (QED) is 0.561. The number of rotatable bonds is 6. The molecule has 0 aromatic heterocycles. The number of hydrogen-bond acceptors (Lipinski definition) is 5. The van der Waals surface area contributed by atoms with Crippen molar-refractivity contribution < 1.29 is 19.0 Å². The molecule has 0 saturated heterocycles. The summed E-state index contributed by atoms with van der Waals surface area (Å²) < 4.78 is 16.4. The first-order valence-corrected chi connectivity index (χ1v) is 8.93. The molecule has 1 heterocycles. The number of carbonyl (C=O) groups is 1. The highest BCUT2D eigenvalue weighted by molar-refractivity contribution is 6.12. The van der Waals surface area contributed by atoms with E-state index in [2.05, 4.69) is 4.99 Å². The number of aryl methyl sites for hydroxylation is 2. The van der Waals surface area contributed by atoms with Gasteiger partial charge in [-0.25, -0.2) is 9.79 Å². The zero-order valence-electron chi connectivity index (χ0n) is 16.0. The van der Waals surface area contributed by atoms with Gasteiger partial charge in [0.15, 0.2) is 17.2 Å². The molecule has 1 aliphatic heterocycles. The van der Waals surface area contributed by atoms with Crippen LogP contribution in [0, 0.1) is 13.8 Å². The van der Waals surface area contributed by atoms with Crippen LogP contribution in [0.1, 0.15) is 35.6 Å². The van der Waals surface area contributed by atoms with Gasteiger partial charge in [-0.15, -0.1) is 0 Å². The highest BCUT2D eigenvalue weighted by Crippen LogP contribution is 2.30. The molecule has 0 aliphatic carbocycles. The lowest BCUT2D eigenvalue weighted by molar-refractivity contribution is -0.129. The fourth-order valence-electron chi connectivity index (χ4n) is 2.67. The van der Waals surface area contributed by atoms with Gasteiger partial charge in [0, 0.05) is 5.56 Å². The van der Waals surface area contributed by atoms with Gasteiger partial charge >= 0.3 is 5.97 Å². The van der Waals surface area contributed by atoms with Crippen molar-refractivity contribution in [1.82, 2.24) is 0 Å². The van der Waals surface area contributed by atoms with Gasteiger partial charge in [-0.1, -0.05) is 19.1 Å². The fraction of sp³-hybridized carbons (Fsp3) is 0.273. The van der Waals surface area contributed by atoms with E-state index in [1.807, 2.05) is 57.2 Å². The Hall–Kier alpha value is -3.08. The molecular formula is C22H23NO4. The summed E-state index contributed by atoms with van der Waals surface area (Å²) in [6.45, 7) is 6.68. The van der Waals surface area contributed by atoms with Crippen LogP contribution < -0.4 is 9.47 Å². The lowest BCUT2D eigenvalue weighted by Gasteiger charge is -2.10. The Morgan fingerprint density at radius 2 is 1.89 bits per heavy atom. The third-order valence-corrected chi connectivity index (χ3v) is 4.33. The molecule has 0 unspecified atom stereocenters. The molecule has 0 spiro atoms. The molecule has 0 N–H and O–H groups in total. The summed E-state index contributed by atoms with van der Waals surface area (Å²) >= 11 is 0. The van der Waals surface area contributed by atoms with Crippen LogP contribution in [0.3, 0.4) is 0 Å². The van der Waals surface area contributed by atoms with Gasteiger partial charge in [-0.3, -0.25) is 0 Å². The smallest absolute Gasteiger partial charge is 0.363 e. The van der Waals surface area contributed by atoms with Gasteiger partial charge in [-0.05, 0) is 67.3 Å². The predicted octanol–water partition coefficient (Wildman–Crippen LogP) is 4.45. The normalized spacial score (nSPS) is 14.9. The monoisotopic (exact) mass is 365 g/mol. The minimum Gasteiger partial charge on any atom is -0.493 e. The van der Waals surface area contributed by atoms with E-state index >= 15 is 0 Å². The predicted molar refractivity (Wildman–Crippen MR) is 105 cm³/mol. The molecule has 27 heavy (non-hydrogen) atoms. The third kappa shape index (κ3) is 4.19. The number of benzene rings is 2. The molecule has 5 nitrogen and oxygen atoms in total. The highest BCUT2D eigenvalue weighted by atomic mass is 16.6. The largest absolute Gasteiger partial charge is 0.493 e. The van der Waals surface area contributed by atoms with E-state index in [0.717, 1.165) is 23.1 Å². The highest BCUT2D eigenvalue weighted by Gasteiger charge is 2.24. The van der Waals surface area contributed by atoms with Crippen LogP contribution in [-0.2, 0) is 9.53 Å². The standard InChI is InChI=1S/C22H23NO4/c1-5-10-26-20-13-16(7-9-19(20)25-4)12-18-22(24)27-21(23-18)17-8-6-14(2)15(3)11-17/h6-9,11-13H,5,10H2,1-4H3/b18-12-. The Morgan fingerprint density at radius 1 is 1.07 bits per heavy atom. The van der Waals surface area contributed by atoms with E-state index in [9.17, 15) is 4.79 Å². The van der Waals surface area contributed by atoms with Crippen molar-refractivity contribution in [3.63, 3.8) is 0 Å². The second-order valence-electron chi connectivity index (χ2n) is 6.39. The number of nitrogens with zero attached hydrogens (tertiary/aromatic N) is 1. The average molecular weight is 365 g/mol. The van der Waals surface area contributed by atoms with Crippen molar-refractivity contribution in [2.75, 3.05) is 13.7 Å². The Labute approximate surface area is 159 Å². The molecule has 2 aromatic carbocycles. The summed E-state index contributed by atoms with van der Waals surface area (Å²) in [7, 11) is 1.60. The molecule has 0 amide bonds. The van der Waals surface area contributed by atoms with Gasteiger partial charge in [0.2, 0.25) is 5.90 Å². The third-order valence-electron chi connectivity index (χ3n) is 4.33. The molecule has 1 aliphatic rings. The van der Waals surface area contributed by atoms with Crippen LogP contribution in [0.25, 0.3) is 6.08 Å². The van der Waals surface area contributed by atoms with E-state index in [-0.39, 0.29) is 5.70 Å². The number of cyclic esters (lactones) is 1. The Bertz CT molecular complexity index is 928. The molecule has 0 fully saturated rings. The minimum absolute atomic E-state index is 0.259. The average Bonchev–Trinajstić information content (AvgIpc) is 3.03. The van der Waals surface area contributed by atoms with E-state index in [1.165, 1.54) is 5.56 Å². The van der Waals surface area contributed by atoms with Gasteiger partial charge in [-0.2, -0.15) is 0 Å². The molecule has 2 aromatic rings. The maximum atomic E-state index is 12.2. The van der Waals surface area contributed by atoms with Crippen LogP contribution in [0.2, 0.25) is 0 Å². The fourth-order valence-corrected chi connectivity index (χ4v) is 2.67. The molecular weight excluding hydrogens is 342 g/mol. The first kappa shape index (κ1) is 18.7. The van der Waals surface area contributed by atoms with Gasteiger partial charge in [0.05, 0.1) is 13.7 Å². The minimum atomic E-state index is -0.463. The molecule has 0 radical (unpaired) electrons. The zero-order valence-corrected chi connectivity index (χ0v) is 16.0. The summed E-state index contributed by atoms with van der Waals surface area (Å²) in [4.78, 5) is 16.6.